The van der Waals surface area contributed by atoms with E-state index in [4.69, 9.17) is 11.6 Å². The van der Waals surface area contributed by atoms with E-state index in [1.807, 2.05) is 0 Å². The molecule has 0 aliphatic heterocycles. The molecule has 1 N–H and O–H groups in total. The van der Waals surface area contributed by atoms with Gasteiger partial charge in [-0.25, -0.2) is 4.39 Å². The molecule has 1 aromatic rings. The van der Waals surface area contributed by atoms with E-state index in [1.54, 1.807) is 18.2 Å². The zero-order valence-corrected chi connectivity index (χ0v) is 12.1. The normalized spacial score (nSPS) is 12.7. The van der Waals surface area contributed by atoms with Crippen LogP contribution in [-0.2, 0) is 6.54 Å². The van der Waals surface area contributed by atoms with Crippen LogP contribution in [-0.4, -0.2) is 6.04 Å². The van der Waals surface area contributed by atoms with Gasteiger partial charge in [0, 0.05) is 18.2 Å². The average molecular weight is 272 g/mol. The molecular weight excluding hydrogens is 249 g/mol. The van der Waals surface area contributed by atoms with Crippen LogP contribution in [0.1, 0.15) is 51.5 Å². The maximum absolute atomic E-state index is 13.7. The molecule has 1 nitrogen and oxygen atoms in total. The summed E-state index contributed by atoms with van der Waals surface area (Å²) in [4.78, 5) is 0. The van der Waals surface area contributed by atoms with Crippen molar-refractivity contribution >= 4 is 11.6 Å². The van der Waals surface area contributed by atoms with Crippen molar-refractivity contribution in [1.29, 1.82) is 0 Å². The van der Waals surface area contributed by atoms with Gasteiger partial charge in [0.1, 0.15) is 5.82 Å². The maximum Gasteiger partial charge on any atom is 0.146 e. The van der Waals surface area contributed by atoms with E-state index in [0.29, 0.717) is 18.2 Å². The van der Waals surface area contributed by atoms with E-state index in [0.717, 1.165) is 19.3 Å². The third-order valence-corrected chi connectivity index (χ3v) is 3.45. The molecule has 0 aliphatic rings. The van der Waals surface area contributed by atoms with Crippen LogP contribution in [0, 0.1) is 5.82 Å². The highest BCUT2D eigenvalue weighted by atomic mass is 35.5. The van der Waals surface area contributed by atoms with E-state index < -0.39 is 0 Å². The molecule has 1 rings (SSSR count). The third-order valence-electron chi connectivity index (χ3n) is 3.16. The zero-order chi connectivity index (χ0) is 13.4. The number of halogens is 2. The van der Waals surface area contributed by atoms with Gasteiger partial charge in [0.2, 0.25) is 0 Å². The Morgan fingerprint density at radius 2 is 2.00 bits per heavy atom. The van der Waals surface area contributed by atoms with Gasteiger partial charge >= 0.3 is 0 Å². The van der Waals surface area contributed by atoms with Crippen molar-refractivity contribution < 1.29 is 4.39 Å². The average Bonchev–Trinajstić information content (AvgIpc) is 2.37. The molecule has 0 spiro atoms. The van der Waals surface area contributed by atoms with E-state index >= 15 is 0 Å². The lowest BCUT2D eigenvalue weighted by molar-refractivity contribution is 0.429. The minimum atomic E-state index is -0.294. The van der Waals surface area contributed by atoms with Crippen molar-refractivity contribution in [3.63, 3.8) is 0 Å². The van der Waals surface area contributed by atoms with Gasteiger partial charge in [-0.05, 0) is 18.9 Å². The van der Waals surface area contributed by atoms with Crippen molar-refractivity contribution in [2.75, 3.05) is 0 Å². The van der Waals surface area contributed by atoms with Crippen LogP contribution >= 0.6 is 11.6 Å². The largest absolute Gasteiger partial charge is 0.310 e. The first-order valence-electron chi connectivity index (χ1n) is 6.85. The molecule has 1 atom stereocenters. The Kier molecular flexibility index (Phi) is 7.29. The van der Waals surface area contributed by atoms with Crippen LogP contribution in [0.4, 0.5) is 4.39 Å². The standard InChI is InChI=1S/C15H23ClFN/c1-3-5-9-13(7-4-2)18-11-12-8-6-10-14(16)15(12)17/h6,8,10,13,18H,3-5,7,9,11H2,1-2H3. The fraction of sp³-hybridized carbons (Fsp3) is 0.600. The summed E-state index contributed by atoms with van der Waals surface area (Å²) >= 11 is 5.77. The Hall–Kier alpha value is -0.600. The monoisotopic (exact) mass is 271 g/mol. The minimum Gasteiger partial charge on any atom is -0.310 e. The van der Waals surface area contributed by atoms with Gasteiger partial charge in [-0.3, -0.25) is 0 Å². The summed E-state index contributed by atoms with van der Waals surface area (Å²) in [5.74, 6) is -0.294. The van der Waals surface area contributed by atoms with Crippen molar-refractivity contribution in [1.82, 2.24) is 5.32 Å². The summed E-state index contributed by atoms with van der Waals surface area (Å²) in [6.45, 7) is 4.93. The van der Waals surface area contributed by atoms with Crippen molar-refractivity contribution in [2.24, 2.45) is 0 Å². The maximum atomic E-state index is 13.7. The fourth-order valence-corrected chi connectivity index (χ4v) is 2.28. The number of unbranched alkanes of at least 4 members (excludes halogenated alkanes) is 1. The van der Waals surface area contributed by atoms with Crippen LogP contribution < -0.4 is 5.32 Å². The van der Waals surface area contributed by atoms with Gasteiger partial charge in [-0.15, -0.1) is 0 Å². The molecule has 18 heavy (non-hydrogen) atoms. The van der Waals surface area contributed by atoms with Gasteiger partial charge in [-0.1, -0.05) is 56.8 Å². The summed E-state index contributed by atoms with van der Waals surface area (Å²) < 4.78 is 13.7. The summed E-state index contributed by atoms with van der Waals surface area (Å²) in [7, 11) is 0. The van der Waals surface area contributed by atoms with E-state index in [-0.39, 0.29) is 10.8 Å². The zero-order valence-electron chi connectivity index (χ0n) is 11.3. The number of rotatable bonds is 8. The highest BCUT2D eigenvalue weighted by Gasteiger charge is 2.10. The third kappa shape index (κ3) is 4.95. The highest BCUT2D eigenvalue weighted by molar-refractivity contribution is 6.30. The molecule has 0 fully saturated rings. The quantitative estimate of drug-likeness (QED) is 0.707. The minimum absolute atomic E-state index is 0.204. The molecule has 1 aromatic carbocycles. The molecule has 0 saturated heterocycles. The van der Waals surface area contributed by atoms with Gasteiger partial charge in [0.25, 0.3) is 0 Å². The van der Waals surface area contributed by atoms with Crippen LogP contribution in [0.5, 0.6) is 0 Å². The smallest absolute Gasteiger partial charge is 0.146 e. The molecule has 0 bridgehead atoms. The Bertz CT molecular complexity index is 354. The molecule has 1 unspecified atom stereocenters. The van der Waals surface area contributed by atoms with E-state index in [1.165, 1.54) is 12.8 Å². The first-order chi connectivity index (χ1) is 8.69. The van der Waals surface area contributed by atoms with Gasteiger partial charge in [-0.2, -0.15) is 0 Å². The second-order valence-electron chi connectivity index (χ2n) is 4.72. The van der Waals surface area contributed by atoms with Crippen molar-refractivity contribution in [2.45, 2.75) is 58.5 Å². The van der Waals surface area contributed by atoms with E-state index in [2.05, 4.69) is 19.2 Å². The van der Waals surface area contributed by atoms with Gasteiger partial charge in [0.05, 0.1) is 5.02 Å². The second-order valence-corrected chi connectivity index (χ2v) is 5.13. The van der Waals surface area contributed by atoms with Crippen molar-refractivity contribution in [3.05, 3.63) is 34.6 Å². The lowest BCUT2D eigenvalue weighted by Gasteiger charge is -2.18. The first kappa shape index (κ1) is 15.5. The summed E-state index contributed by atoms with van der Waals surface area (Å²) in [5.41, 5.74) is 0.653. The first-order valence-corrected chi connectivity index (χ1v) is 7.23. The summed E-state index contributed by atoms with van der Waals surface area (Å²) in [6.07, 6.45) is 5.87. The fourth-order valence-electron chi connectivity index (χ4n) is 2.09. The molecule has 0 aromatic heterocycles. The van der Waals surface area contributed by atoms with Crippen LogP contribution in [0.25, 0.3) is 0 Å². The Balaban J connectivity index is 2.52. The number of hydrogen-bond donors (Lipinski definition) is 1. The lowest BCUT2D eigenvalue weighted by Crippen LogP contribution is -2.28. The van der Waals surface area contributed by atoms with Crippen molar-refractivity contribution in [3.8, 4) is 0 Å². The number of benzene rings is 1. The summed E-state index contributed by atoms with van der Waals surface area (Å²) in [5, 5.41) is 3.64. The molecular formula is C15H23ClFN. The Morgan fingerprint density at radius 3 is 2.67 bits per heavy atom. The topological polar surface area (TPSA) is 12.0 Å². The van der Waals surface area contributed by atoms with Crippen LogP contribution in [0.3, 0.4) is 0 Å². The molecule has 3 heteroatoms. The van der Waals surface area contributed by atoms with Crippen LogP contribution in [0.2, 0.25) is 5.02 Å². The molecule has 0 aliphatic carbocycles. The van der Waals surface area contributed by atoms with Gasteiger partial charge in [0.15, 0.2) is 0 Å². The predicted octanol–water partition coefficient (Wildman–Crippen LogP) is 4.93. The molecule has 0 saturated carbocycles. The van der Waals surface area contributed by atoms with Gasteiger partial charge < -0.3 is 5.32 Å². The SMILES string of the molecule is CCCCC(CCC)NCc1cccc(Cl)c1F. The highest BCUT2D eigenvalue weighted by Crippen LogP contribution is 2.18. The lowest BCUT2D eigenvalue weighted by atomic mass is 10.0. The summed E-state index contributed by atoms with van der Waals surface area (Å²) in [6, 6.07) is 5.65. The van der Waals surface area contributed by atoms with Crippen LogP contribution in [0.15, 0.2) is 18.2 Å². The number of hydrogen-bond acceptors (Lipinski definition) is 1. The van der Waals surface area contributed by atoms with E-state index in [9.17, 15) is 4.39 Å². The predicted molar refractivity (Wildman–Crippen MR) is 76.5 cm³/mol. The Morgan fingerprint density at radius 1 is 1.22 bits per heavy atom. The molecule has 102 valence electrons. The number of nitrogens with one attached hydrogen (secondary N) is 1. The second kappa shape index (κ2) is 8.49. The molecule has 0 amide bonds. The Labute approximate surface area is 115 Å². The molecule has 0 radical (unpaired) electrons. The molecule has 0 heterocycles.